The smallest absolute Gasteiger partial charge is 0.239 e. The molecule has 0 spiro atoms. The van der Waals surface area contributed by atoms with Gasteiger partial charge in [0.1, 0.15) is 17.5 Å². The number of ether oxygens (including phenoxy) is 1. The van der Waals surface area contributed by atoms with E-state index in [0.29, 0.717) is 12.4 Å². The van der Waals surface area contributed by atoms with E-state index < -0.39 is 11.6 Å². The quantitative estimate of drug-likeness (QED) is 0.783. The lowest BCUT2D eigenvalue weighted by molar-refractivity contribution is -0.118. The fraction of sp³-hybridized carbons (Fsp3) is 0.368. The SMILES string of the molecule is COC[C@@H](C)N(CC(=O)Nc1ccc(C)cn1)Cc1cc(F)ccc1F. The van der Waals surface area contributed by atoms with Gasteiger partial charge in [0.2, 0.25) is 5.91 Å². The third kappa shape index (κ3) is 5.86. The Morgan fingerprint density at radius 3 is 2.73 bits per heavy atom. The van der Waals surface area contributed by atoms with Crippen LogP contribution in [0.2, 0.25) is 0 Å². The lowest BCUT2D eigenvalue weighted by Crippen LogP contribution is -2.41. The highest BCUT2D eigenvalue weighted by molar-refractivity contribution is 5.91. The van der Waals surface area contributed by atoms with Gasteiger partial charge in [-0.3, -0.25) is 9.69 Å². The summed E-state index contributed by atoms with van der Waals surface area (Å²) in [5, 5.41) is 2.71. The van der Waals surface area contributed by atoms with Crippen molar-refractivity contribution in [3.63, 3.8) is 0 Å². The first-order chi connectivity index (χ1) is 12.4. The summed E-state index contributed by atoms with van der Waals surface area (Å²) in [4.78, 5) is 18.2. The third-order valence-electron chi connectivity index (χ3n) is 3.94. The topological polar surface area (TPSA) is 54.5 Å². The molecule has 0 radical (unpaired) electrons. The third-order valence-corrected chi connectivity index (χ3v) is 3.94. The number of anilines is 1. The van der Waals surface area contributed by atoms with Crippen molar-refractivity contribution >= 4 is 11.7 Å². The first-order valence-corrected chi connectivity index (χ1v) is 8.28. The van der Waals surface area contributed by atoms with Crippen LogP contribution in [-0.4, -0.2) is 42.1 Å². The van der Waals surface area contributed by atoms with Gasteiger partial charge in [-0.2, -0.15) is 0 Å². The molecule has 7 heteroatoms. The average Bonchev–Trinajstić information content (AvgIpc) is 2.59. The molecule has 0 bridgehead atoms. The van der Waals surface area contributed by atoms with Gasteiger partial charge in [-0.15, -0.1) is 0 Å². The summed E-state index contributed by atoms with van der Waals surface area (Å²) in [5.74, 6) is -0.881. The van der Waals surface area contributed by atoms with E-state index in [4.69, 9.17) is 4.74 Å². The summed E-state index contributed by atoms with van der Waals surface area (Å²) < 4.78 is 32.5. The number of benzene rings is 1. The Morgan fingerprint density at radius 1 is 1.31 bits per heavy atom. The Labute approximate surface area is 152 Å². The van der Waals surface area contributed by atoms with Gasteiger partial charge >= 0.3 is 0 Å². The van der Waals surface area contributed by atoms with Crippen molar-refractivity contribution in [3.8, 4) is 0 Å². The molecule has 140 valence electrons. The maximum absolute atomic E-state index is 14.0. The van der Waals surface area contributed by atoms with E-state index in [1.807, 2.05) is 19.9 Å². The molecule has 0 saturated carbocycles. The Balaban J connectivity index is 2.09. The molecule has 2 rings (SSSR count). The number of aryl methyl sites for hydroxylation is 1. The van der Waals surface area contributed by atoms with E-state index in [9.17, 15) is 13.6 Å². The second kappa shape index (κ2) is 9.35. The number of halogens is 2. The van der Waals surface area contributed by atoms with Crippen molar-refractivity contribution in [2.75, 3.05) is 25.6 Å². The molecule has 1 heterocycles. The molecule has 1 amide bonds. The lowest BCUT2D eigenvalue weighted by atomic mass is 10.1. The van der Waals surface area contributed by atoms with Gasteiger partial charge in [-0.05, 0) is 43.7 Å². The minimum atomic E-state index is -0.519. The monoisotopic (exact) mass is 363 g/mol. The number of methoxy groups -OCH3 is 1. The number of carbonyl (C=O) groups is 1. The van der Waals surface area contributed by atoms with E-state index in [1.165, 1.54) is 0 Å². The van der Waals surface area contributed by atoms with Crippen molar-refractivity contribution < 1.29 is 18.3 Å². The first-order valence-electron chi connectivity index (χ1n) is 8.28. The lowest BCUT2D eigenvalue weighted by Gasteiger charge is -2.28. The van der Waals surface area contributed by atoms with E-state index in [1.54, 1.807) is 24.3 Å². The molecule has 0 aliphatic rings. The minimum absolute atomic E-state index is 0.00393. The molecule has 1 aromatic carbocycles. The zero-order chi connectivity index (χ0) is 19.1. The van der Waals surface area contributed by atoms with Gasteiger partial charge in [0.05, 0.1) is 13.2 Å². The van der Waals surface area contributed by atoms with Crippen LogP contribution in [0.4, 0.5) is 14.6 Å². The second-order valence-electron chi connectivity index (χ2n) is 6.21. The van der Waals surface area contributed by atoms with Crippen molar-refractivity contribution in [3.05, 3.63) is 59.3 Å². The molecular weight excluding hydrogens is 340 g/mol. The van der Waals surface area contributed by atoms with Crippen LogP contribution < -0.4 is 5.32 Å². The van der Waals surface area contributed by atoms with Crippen LogP contribution in [0, 0.1) is 18.6 Å². The highest BCUT2D eigenvalue weighted by atomic mass is 19.1. The predicted molar refractivity (Wildman–Crippen MR) is 95.7 cm³/mol. The van der Waals surface area contributed by atoms with Crippen LogP contribution in [-0.2, 0) is 16.1 Å². The van der Waals surface area contributed by atoms with Crippen LogP contribution >= 0.6 is 0 Å². The summed E-state index contributed by atoms with van der Waals surface area (Å²) in [6.45, 7) is 4.20. The van der Waals surface area contributed by atoms with Crippen LogP contribution in [0.5, 0.6) is 0 Å². The van der Waals surface area contributed by atoms with Crippen LogP contribution in [0.3, 0.4) is 0 Å². The number of hydrogen-bond donors (Lipinski definition) is 1. The average molecular weight is 363 g/mol. The predicted octanol–water partition coefficient (Wildman–Crippen LogP) is 3.14. The molecule has 5 nitrogen and oxygen atoms in total. The van der Waals surface area contributed by atoms with Crippen molar-refractivity contribution in [2.24, 2.45) is 0 Å². The summed E-state index contributed by atoms with van der Waals surface area (Å²) in [6, 6.07) is 6.68. The molecule has 2 aromatic rings. The molecule has 1 atom stereocenters. The Bertz CT molecular complexity index is 738. The molecule has 26 heavy (non-hydrogen) atoms. The molecular formula is C19H23F2N3O2. The zero-order valence-corrected chi connectivity index (χ0v) is 15.1. The Hall–Kier alpha value is -2.38. The number of aromatic nitrogens is 1. The molecule has 0 aliphatic heterocycles. The van der Waals surface area contributed by atoms with E-state index in [-0.39, 0.29) is 30.6 Å². The number of rotatable bonds is 8. The number of hydrogen-bond acceptors (Lipinski definition) is 4. The van der Waals surface area contributed by atoms with Gasteiger partial charge in [-0.25, -0.2) is 13.8 Å². The molecule has 0 saturated heterocycles. The Morgan fingerprint density at radius 2 is 2.08 bits per heavy atom. The van der Waals surface area contributed by atoms with E-state index in [2.05, 4.69) is 10.3 Å². The van der Waals surface area contributed by atoms with E-state index >= 15 is 0 Å². The number of amides is 1. The zero-order valence-electron chi connectivity index (χ0n) is 15.1. The van der Waals surface area contributed by atoms with Gasteiger partial charge < -0.3 is 10.1 Å². The maximum Gasteiger partial charge on any atom is 0.239 e. The van der Waals surface area contributed by atoms with Crippen LogP contribution in [0.1, 0.15) is 18.1 Å². The second-order valence-corrected chi connectivity index (χ2v) is 6.21. The fourth-order valence-electron chi connectivity index (χ4n) is 2.51. The fourth-order valence-corrected chi connectivity index (χ4v) is 2.51. The number of nitrogens with one attached hydrogen (secondary N) is 1. The molecule has 1 aromatic heterocycles. The minimum Gasteiger partial charge on any atom is -0.383 e. The molecule has 0 fully saturated rings. The summed E-state index contributed by atoms with van der Waals surface area (Å²) in [7, 11) is 1.55. The molecule has 0 unspecified atom stereocenters. The van der Waals surface area contributed by atoms with Crippen molar-refractivity contribution in [2.45, 2.75) is 26.4 Å². The van der Waals surface area contributed by atoms with Crippen LogP contribution in [0.15, 0.2) is 36.5 Å². The summed E-state index contributed by atoms with van der Waals surface area (Å²) >= 11 is 0. The number of carbonyl (C=O) groups excluding carboxylic acids is 1. The number of nitrogens with zero attached hydrogens (tertiary/aromatic N) is 2. The molecule has 1 N–H and O–H groups in total. The first kappa shape index (κ1) is 19.9. The van der Waals surface area contributed by atoms with Gasteiger partial charge in [0, 0.05) is 31.5 Å². The van der Waals surface area contributed by atoms with Crippen LogP contribution in [0.25, 0.3) is 0 Å². The van der Waals surface area contributed by atoms with Gasteiger partial charge in [0.15, 0.2) is 0 Å². The molecule has 0 aliphatic carbocycles. The largest absolute Gasteiger partial charge is 0.383 e. The summed E-state index contributed by atoms with van der Waals surface area (Å²) in [5.41, 5.74) is 1.18. The highest BCUT2D eigenvalue weighted by Gasteiger charge is 2.20. The van der Waals surface area contributed by atoms with Crippen molar-refractivity contribution in [1.82, 2.24) is 9.88 Å². The Kier molecular flexibility index (Phi) is 7.17. The van der Waals surface area contributed by atoms with E-state index in [0.717, 1.165) is 23.8 Å². The van der Waals surface area contributed by atoms with Gasteiger partial charge in [-0.1, -0.05) is 6.07 Å². The van der Waals surface area contributed by atoms with Gasteiger partial charge in [0.25, 0.3) is 0 Å². The number of pyridine rings is 1. The van der Waals surface area contributed by atoms with Crippen molar-refractivity contribution in [1.29, 1.82) is 0 Å². The normalized spacial score (nSPS) is 12.2. The summed E-state index contributed by atoms with van der Waals surface area (Å²) in [6.07, 6.45) is 1.66. The standard InChI is InChI=1S/C19H23F2N3O2/c1-13-4-7-18(22-9-13)23-19(25)11-24(14(2)12-26-3)10-15-8-16(20)5-6-17(15)21/h4-9,14H,10-12H2,1-3H3,(H,22,23,25)/t14-/m1/s1. The maximum atomic E-state index is 14.0. The highest BCUT2D eigenvalue weighted by Crippen LogP contribution is 2.15.